The molecule has 1 rings (SSSR count). The summed E-state index contributed by atoms with van der Waals surface area (Å²) in [5.41, 5.74) is 2.15. The van der Waals surface area contributed by atoms with Crippen LogP contribution < -0.4 is 11.3 Å². The molecule has 0 aliphatic carbocycles. The third kappa shape index (κ3) is 2.54. The predicted molar refractivity (Wildman–Crippen MR) is 62.1 cm³/mol. The van der Waals surface area contributed by atoms with Crippen molar-refractivity contribution in [2.45, 2.75) is 4.90 Å². The molecule has 0 saturated carbocycles. The summed E-state index contributed by atoms with van der Waals surface area (Å²) in [5, 5.41) is 8.92. The van der Waals surface area contributed by atoms with Crippen molar-refractivity contribution < 1.29 is 18.3 Å². The number of carboxylic acid groups (broad SMARTS) is 1. The summed E-state index contributed by atoms with van der Waals surface area (Å²) in [7, 11) is -0.925. The van der Waals surface area contributed by atoms with E-state index in [1.807, 2.05) is 0 Å². The molecule has 0 atom stereocenters. The number of hydrogen-bond donors (Lipinski definition) is 3. The minimum absolute atomic E-state index is 0.0982. The van der Waals surface area contributed by atoms with Crippen molar-refractivity contribution >= 4 is 21.7 Å². The number of nitrogens with one attached hydrogen (secondary N) is 1. The number of nitrogens with zero attached hydrogens (tertiary/aromatic N) is 1. The van der Waals surface area contributed by atoms with E-state index in [0.717, 1.165) is 10.4 Å². The lowest BCUT2D eigenvalue weighted by atomic mass is 10.2. The highest BCUT2D eigenvalue weighted by atomic mass is 32.2. The molecular formula is C9H13N3O4S. The van der Waals surface area contributed by atoms with Gasteiger partial charge in [0.1, 0.15) is 0 Å². The van der Waals surface area contributed by atoms with Crippen molar-refractivity contribution in [3.05, 3.63) is 23.8 Å². The van der Waals surface area contributed by atoms with Gasteiger partial charge >= 0.3 is 5.97 Å². The third-order valence-electron chi connectivity index (χ3n) is 2.16. The van der Waals surface area contributed by atoms with E-state index in [9.17, 15) is 13.2 Å². The number of sulfonamides is 1. The fraction of sp³-hybridized carbons (Fsp3) is 0.222. The molecule has 0 unspecified atom stereocenters. The average Bonchev–Trinajstić information content (AvgIpc) is 2.27. The molecule has 0 saturated heterocycles. The van der Waals surface area contributed by atoms with Crippen LogP contribution in [0.25, 0.3) is 0 Å². The Labute approximate surface area is 98.9 Å². The highest BCUT2D eigenvalue weighted by Crippen LogP contribution is 2.21. The Balaban J connectivity index is 3.41. The Bertz CT molecular complexity index is 539. The molecule has 8 heteroatoms. The molecule has 0 aromatic heterocycles. The van der Waals surface area contributed by atoms with E-state index in [1.165, 1.54) is 26.2 Å². The van der Waals surface area contributed by atoms with E-state index < -0.39 is 16.0 Å². The SMILES string of the molecule is CN(C)S(=O)(=O)c1ccc(NN)c(C(=O)O)c1. The van der Waals surface area contributed by atoms with E-state index in [1.54, 1.807) is 0 Å². The van der Waals surface area contributed by atoms with Crippen molar-refractivity contribution in [3.8, 4) is 0 Å². The van der Waals surface area contributed by atoms with Crippen molar-refractivity contribution in [1.82, 2.24) is 4.31 Å². The van der Waals surface area contributed by atoms with Gasteiger partial charge < -0.3 is 10.5 Å². The highest BCUT2D eigenvalue weighted by Gasteiger charge is 2.20. The zero-order valence-corrected chi connectivity index (χ0v) is 10.2. The monoisotopic (exact) mass is 259 g/mol. The summed E-state index contributed by atoms with van der Waals surface area (Å²) < 4.78 is 24.6. The Kier molecular flexibility index (Phi) is 3.71. The van der Waals surface area contributed by atoms with Crippen LogP contribution in [0.4, 0.5) is 5.69 Å². The van der Waals surface area contributed by atoms with Crippen LogP contribution in [0.1, 0.15) is 10.4 Å². The number of hydrazine groups is 1. The second-order valence-electron chi connectivity index (χ2n) is 3.44. The van der Waals surface area contributed by atoms with Crippen LogP contribution in [0.5, 0.6) is 0 Å². The highest BCUT2D eigenvalue weighted by molar-refractivity contribution is 7.89. The van der Waals surface area contributed by atoms with Crippen LogP contribution in [0.3, 0.4) is 0 Å². The maximum absolute atomic E-state index is 11.8. The Morgan fingerprint density at radius 1 is 1.41 bits per heavy atom. The van der Waals surface area contributed by atoms with Crippen LogP contribution in [0, 0.1) is 0 Å². The number of aromatic carboxylic acids is 1. The van der Waals surface area contributed by atoms with Gasteiger partial charge in [0.2, 0.25) is 10.0 Å². The first-order valence-corrected chi connectivity index (χ1v) is 6.01. The molecule has 0 aliphatic heterocycles. The van der Waals surface area contributed by atoms with Crippen LogP contribution in [0.15, 0.2) is 23.1 Å². The number of benzene rings is 1. The van der Waals surface area contributed by atoms with E-state index in [-0.39, 0.29) is 16.1 Å². The molecule has 0 radical (unpaired) electrons. The third-order valence-corrected chi connectivity index (χ3v) is 3.97. The first kappa shape index (κ1) is 13.4. The quantitative estimate of drug-likeness (QED) is 0.515. The molecule has 1 aromatic rings. The summed E-state index contributed by atoms with van der Waals surface area (Å²) >= 11 is 0. The fourth-order valence-electron chi connectivity index (χ4n) is 1.20. The molecule has 94 valence electrons. The molecule has 0 fully saturated rings. The molecular weight excluding hydrogens is 246 g/mol. The molecule has 17 heavy (non-hydrogen) atoms. The van der Waals surface area contributed by atoms with Crippen LogP contribution in [-0.4, -0.2) is 37.9 Å². The molecule has 0 aliphatic rings. The molecule has 7 nitrogen and oxygen atoms in total. The average molecular weight is 259 g/mol. The lowest BCUT2D eigenvalue weighted by Crippen LogP contribution is -2.23. The largest absolute Gasteiger partial charge is 0.478 e. The van der Waals surface area contributed by atoms with E-state index >= 15 is 0 Å². The first-order valence-electron chi connectivity index (χ1n) is 4.57. The summed E-state index contributed by atoms with van der Waals surface area (Å²) in [4.78, 5) is 10.8. The van der Waals surface area contributed by atoms with Gasteiger partial charge in [0, 0.05) is 14.1 Å². The van der Waals surface area contributed by atoms with E-state index in [0.29, 0.717) is 0 Å². The van der Waals surface area contributed by atoms with E-state index in [4.69, 9.17) is 10.9 Å². The maximum atomic E-state index is 11.8. The summed E-state index contributed by atoms with van der Waals surface area (Å²) in [6.45, 7) is 0. The second kappa shape index (κ2) is 4.70. The Morgan fingerprint density at radius 2 is 2.00 bits per heavy atom. The first-order chi connectivity index (χ1) is 7.80. The number of hydrogen-bond acceptors (Lipinski definition) is 5. The van der Waals surface area contributed by atoms with Crippen molar-refractivity contribution in [2.24, 2.45) is 5.84 Å². The fourth-order valence-corrected chi connectivity index (χ4v) is 2.13. The summed E-state index contributed by atoms with van der Waals surface area (Å²) in [6.07, 6.45) is 0. The van der Waals surface area contributed by atoms with Gasteiger partial charge in [-0.2, -0.15) is 0 Å². The van der Waals surface area contributed by atoms with Crippen LogP contribution in [-0.2, 0) is 10.0 Å². The number of carbonyl (C=O) groups is 1. The second-order valence-corrected chi connectivity index (χ2v) is 5.60. The van der Waals surface area contributed by atoms with Crippen LogP contribution >= 0.6 is 0 Å². The zero-order valence-electron chi connectivity index (χ0n) is 9.34. The Hall–Kier alpha value is -1.64. The van der Waals surface area contributed by atoms with Crippen LogP contribution in [0.2, 0.25) is 0 Å². The van der Waals surface area contributed by atoms with Gasteiger partial charge in [0.15, 0.2) is 0 Å². The van der Waals surface area contributed by atoms with E-state index in [2.05, 4.69) is 5.43 Å². The molecule has 0 amide bonds. The number of nitrogen functional groups attached to an aromatic ring is 1. The summed E-state index contributed by atoms with van der Waals surface area (Å²) in [5.74, 6) is 3.88. The molecule has 4 N–H and O–H groups in total. The number of carboxylic acids is 1. The topological polar surface area (TPSA) is 113 Å². The lowest BCUT2D eigenvalue weighted by molar-refractivity contribution is 0.0697. The van der Waals surface area contributed by atoms with Crippen molar-refractivity contribution in [1.29, 1.82) is 0 Å². The number of nitrogens with two attached hydrogens (primary N) is 1. The maximum Gasteiger partial charge on any atom is 0.337 e. The van der Waals surface area contributed by atoms with Gasteiger partial charge in [0.05, 0.1) is 16.1 Å². The van der Waals surface area contributed by atoms with Gasteiger partial charge in [-0.25, -0.2) is 17.5 Å². The zero-order chi connectivity index (χ0) is 13.2. The van der Waals surface area contributed by atoms with Gasteiger partial charge in [-0.05, 0) is 18.2 Å². The number of rotatable bonds is 4. The van der Waals surface area contributed by atoms with Gasteiger partial charge in [-0.15, -0.1) is 0 Å². The van der Waals surface area contributed by atoms with Crippen molar-refractivity contribution in [2.75, 3.05) is 19.5 Å². The summed E-state index contributed by atoms with van der Waals surface area (Å²) in [6, 6.07) is 3.66. The molecule has 0 bridgehead atoms. The van der Waals surface area contributed by atoms with Gasteiger partial charge in [0.25, 0.3) is 0 Å². The molecule has 0 heterocycles. The minimum atomic E-state index is -3.66. The smallest absolute Gasteiger partial charge is 0.337 e. The Morgan fingerprint density at radius 3 is 2.41 bits per heavy atom. The molecule has 1 aromatic carbocycles. The minimum Gasteiger partial charge on any atom is -0.478 e. The lowest BCUT2D eigenvalue weighted by Gasteiger charge is -2.13. The standard InChI is InChI=1S/C9H13N3O4S/c1-12(2)17(15,16)6-3-4-8(11-10)7(5-6)9(13)14/h3-5,11H,10H2,1-2H3,(H,13,14). The normalized spacial score (nSPS) is 11.5. The van der Waals surface area contributed by atoms with Crippen molar-refractivity contribution in [3.63, 3.8) is 0 Å². The predicted octanol–water partition coefficient (Wildman–Crippen LogP) is -0.0793. The number of anilines is 1. The van der Waals surface area contributed by atoms with Gasteiger partial charge in [-0.1, -0.05) is 0 Å². The molecule has 0 spiro atoms. The van der Waals surface area contributed by atoms with Gasteiger partial charge in [-0.3, -0.25) is 5.84 Å².